The lowest BCUT2D eigenvalue weighted by molar-refractivity contribution is 0.00929. The third-order valence-corrected chi connectivity index (χ3v) is 6.40. The predicted molar refractivity (Wildman–Crippen MR) is 81.8 cm³/mol. The molecule has 21 heavy (non-hydrogen) atoms. The zero-order valence-corrected chi connectivity index (χ0v) is 14.1. The first-order valence-electron chi connectivity index (χ1n) is 7.02. The zero-order chi connectivity index (χ0) is 15.8. The second kappa shape index (κ2) is 6.06. The SMILES string of the molecule is Cc1sc(C(=O)OC2CCC(C)C(C)C2)cc1S(N)(=O)=O. The Hall–Kier alpha value is -0.920. The van der Waals surface area contributed by atoms with Crippen molar-refractivity contribution in [2.24, 2.45) is 17.0 Å². The van der Waals surface area contributed by atoms with Crippen LogP contribution in [0.2, 0.25) is 0 Å². The number of esters is 1. The Kier molecular flexibility index (Phi) is 4.75. The van der Waals surface area contributed by atoms with Crippen molar-refractivity contribution in [2.75, 3.05) is 0 Å². The highest BCUT2D eigenvalue weighted by molar-refractivity contribution is 7.89. The monoisotopic (exact) mass is 331 g/mol. The molecule has 1 aromatic rings. The molecule has 2 N–H and O–H groups in total. The molecular weight excluding hydrogens is 310 g/mol. The van der Waals surface area contributed by atoms with Crippen LogP contribution in [0.4, 0.5) is 0 Å². The van der Waals surface area contributed by atoms with Crippen molar-refractivity contribution in [3.05, 3.63) is 15.8 Å². The molecule has 3 atom stereocenters. The molecule has 0 aliphatic heterocycles. The normalized spacial score (nSPS) is 26.6. The number of carbonyl (C=O) groups excluding carboxylic acids is 1. The molecule has 1 fully saturated rings. The van der Waals surface area contributed by atoms with Crippen LogP contribution in [0.1, 0.15) is 47.7 Å². The summed E-state index contributed by atoms with van der Waals surface area (Å²) in [7, 11) is -3.79. The van der Waals surface area contributed by atoms with Gasteiger partial charge in [-0.1, -0.05) is 13.8 Å². The number of nitrogens with two attached hydrogens (primary N) is 1. The van der Waals surface area contributed by atoms with E-state index >= 15 is 0 Å². The molecule has 0 radical (unpaired) electrons. The van der Waals surface area contributed by atoms with Crippen LogP contribution in [0.25, 0.3) is 0 Å². The second-order valence-corrected chi connectivity index (χ2v) is 8.66. The van der Waals surface area contributed by atoms with Gasteiger partial charge in [0, 0.05) is 4.88 Å². The summed E-state index contributed by atoms with van der Waals surface area (Å²) in [5.74, 6) is 0.726. The van der Waals surface area contributed by atoms with Crippen LogP contribution in [0.3, 0.4) is 0 Å². The van der Waals surface area contributed by atoms with Crippen LogP contribution in [0.5, 0.6) is 0 Å². The third-order valence-electron chi connectivity index (χ3n) is 4.20. The fraction of sp³-hybridized carbons (Fsp3) is 0.643. The molecule has 0 aromatic carbocycles. The van der Waals surface area contributed by atoms with Crippen LogP contribution >= 0.6 is 11.3 Å². The minimum Gasteiger partial charge on any atom is -0.458 e. The Morgan fingerprint density at radius 1 is 1.33 bits per heavy atom. The van der Waals surface area contributed by atoms with E-state index < -0.39 is 16.0 Å². The van der Waals surface area contributed by atoms with E-state index in [0.29, 0.717) is 21.6 Å². The van der Waals surface area contributed by atoms with Gasteiger partial charge in [-0.2, -0.15) is 0 Å². The molecule has 1 aliphatic carbocycles. The molecule has 0 bridgehead atoms. The third kappa shape index (κ3) is 3.84. The van der Waals surface area contributed by atoms with Crippen molar-refractivity contribution in [1.29, 1.82) is 0 Å². The molecule has 1 aliphatic rings. The van der Waals surface area contributed by atoms with Gasteiger partial charge in [0.2, 0.25) is 10.0 Å². The van der Waals surface area contributed by atoms with Crippen molar-refractivity contribution in [3.8, 4) is 0 Å². The highest BCUT2D eigenvalue weighted by Crippen LogP contribution is 2.32. The summed E-state index contributed by atoms with van der Waals surface area (Å²) in [6.07, 6.45) is 2.69. The molecule has 2 rings (SSSR count). The summed E-state index contributed by atoms with van der Waals surface area (Å²) in [4.78, 5) is 13.0. The summed E-state index contributed by atoms with van der Waals surface area (Å²) in [5.41, 5.74) is 0. The van der Waals surface area contributed by atoms with E-state index in [1.54, 1.807) is 6.92 Å². The topological polar surface area (TPSA) is 86.5 Å². The van der Waals surface area contributed by atoms with Crippen molar-refractivity contribution >= 4 is 27.3 Å². The number of rotatable bonds is 3. The van der Waals surface area contributed by atoms with E-state index in [-0.39, 0.29) is 11.0 Å². The summed E-state index contributed by atoms with van der Waals surface area (Å²) >= 11 is 1.11. The number of ether oxygens (including phenoxy) is 1. The largest absolute Gasteiger partial charge is 0.458 e. The lowest BCUT2D eigenvalue weighted by Crippen LogP contribution is -2.28. The van der Waals surface area contributed by atoms with E-state index in [0.717, 1.165) is 30.6 Å². The van der Waals surface area contributed by atoms with E-state index in [4.69, 9.17) is 9.88 Å². The number of primary sulfonamides is 1. The Balaban J connectivity index is 2.08. The molecule has 1 aromatic heterocycles. The first kappa shape index (κ1) is 16.5. The molecule has 5 nitrogen and oxygen atoms in total. The first-order chi connectivity index (χ1) is 9.68. The number of hydrogen-bond acceptors (Lipinski definition) is 5. The van der Waals surface area contributed by atoms with Gasteiger partial charge in [0.1, 0.15) is 11.0 Å². The van der Waals surface area contributed by atoms with Crippen LogP contribution in [0, 0.1) is 18.8 Å². The molecule has 0 saturated heterocycles. The summed E-state index contributed by atoms with van der Waals surface area (Å²) in [5, 5.41) is 5.12. The standard InChI is InChI=1S/C14H21NO4S2/c1-8-4-5-11(6-9(8)2)19-14(16)12-7-13(10(3)20-12)21(15,17)18/h7-9,11H,4-6H2,1-3H3,(H2,15,17,18). The van der Waals surface area contributed by atoms with E-state index in [9.17, 15) is 13.2 Å². The molecule has 3 unspecified atom stereocenters. The minimum atomic E-state index is -3.79. The van der Waals surface area contributed by atoms with Gasteiger partial charge in [-0.25, -0.2) is 18.4 Å². The van der Waals surface area contributed by atoms with Crippen molar-refractivity contribution in [1.82, 2.24) is 0 Å². The van der Waals surface area contributed by atoms with Gasteiger partial charge < -0.3 is 4.74 Å². The summed E-state index contributed by atoms with van der Waals surface area (Å²) in [6.45, 7) is 6.01. The molecule has 118 valence electrons. The van der Waals surface area contributed by atoms with E-state index in [1.165, 1.54) is 6.07 Å². The van der Waals surface area contributed by atoms with Crippen LogP contribution in [-0.2, 0) is 14.8 Å². The maximum absolute atomic E-state index is 12.1. The Morgan fingerprint density at radius 3 is 2.52 bits per heavy atom. The van der Waals surface area contributed by atoms with Gasteiger partial charge in [0.25, 0.3) is 0 Å². The molecule has 0 spiro atoms. The number of hydrogen-bond donors (Lipinski definition) is 1. The van der Waals surface area contributed by atoms with Crippen LogP contribution < -0.4 is 5.14 Å². The molecule has 1 heterocycles. The zero-order valence-electron chi connectivity index (χ0n) is 12.5. The smallest absolute Gasteiger partial charge is 0.348 e. The molecule has 7 heteroatoms. The van der Waals surface area contributed by atoms with Crippen molar-refractivity contribution < 1.29 is 17.9 Å². The van der Waals surface area contributed by atoms with Crippen molar-refractivity contribution in [2.45, 2.75) is 51.0 Å². The molecule has 1 saturated carbocycles. The number of aryl methyl sites for hydroxylation is 1. The highest BCUT2D eigenvalue weighted by Gasteiger charge is 2.28. The lowest BCUT2D eigenvalue weighted by Gasteiger charge is -2.31. The Morgan fingerprint density at radius 2 is 2.00 bits per heavy atom. The Labute approximate surface area is 129 Å². The maximum atomic E-state index is 12.1. The molecule has 0 amide bonds. The number of sulfonamides is 1. The quantitative estimate of drug-likeness (QED) is 0.863. The second-order valence-electron chi connectivity index (χ2n) is 5.87. The van der Waals surface area contributed by atoms with Gasteiger partial charge in [0.05, 0.1) is 4.90 Å². The highest BCUT2D eigenvalue weighted by atomic mass is 32.2. The van der Waals surface area contributed by atoms with E-state index in [1.807, 2.05) is 0 Å². The van der Waals surface area contributed by atoms with Gasteiger partial charge in [-0.3, -0.25) is 0 Å². The van der Waals surface area contributed by atoms with Gasteiger partial charge in [-0.05, 0) is 44.1 Å². The van der Waals surface area contributed by atoms with Crippen LogP contribution in [-0.4, -0.2) is 20.5 Å². The molecular formula is C14H21NO4S2. The number of thiophene rings is 1. The average molecular weight is 331 g/mol. The summed E-state index contributed by atoms with van der Waals surface area (Å²) in [6, 6.07) is 1.31. The fourth-order valence-electron chi connectivity index (χ4n) is 2.66. The number of carbonyl (C=O) groups is 1. The van der Waals surface area contributed by atoms with Gasteiger partial charge in [-0.15, -0.1) is 11.3 Å². The predicted octanol–water partition coefficient (Wildman–Crippen LogP) is 2.69. The van der Waals surface area contributed by atoms with Gasteiger partial charge >= 0.3 is 5.97 Å². The van der Waals surface area contributed by atoms with Crippen LogP contribution in [0.15, 0.2) is 11.0 Å². The van der Waals surface area contributed by atoms with Crippen molar-refractivity contribution in [3.63, 3.8) is 0 Å². The minimum absolute atomic E-state index is 0.00471. The summed E-state index contributed by atoms with van der Waals surface area (Å²) < 4.78 is 28.3. The maximum Gasteiger partial charge on any atom is 0.348 e. The first-order valence-corrected chi connectivity index (χ1v) is 9.39. The van der Waals surface area contributed by atoms with Gasteiger partial charge in [0.15, 0.2) is 0 Å². The average Bonchev–Trinajstić information content (AvgIpc) is 2.76. The lowest BCUT2D eigenvalue weighted by atomic mass is 9.80. The Bertz CT molecular complexity index is 635. The van der Waals surface area contributed by atoms with E-state index in [2.05, 4.69) is 13.8 Å². The fourth-order valence-corrected chi connectivity index (χ4v) is 4.69.